The van der Waals surface area contributed by atoms with Gasteiger partial charge in [0.15, 0.2) is 0 Å². The van der Waals surface area contributed by atoms with Crippen LogP contribution in [0.5, 0.6) is 0 Å². The summed E-state index contributed by atoms with van der Waals surface area (Å²) in [4.78, 5) is 13.5. The van der Waals surface area contributed by atoms with Crippen LogP contribution in [0.3, 0.4) is 0 Å². The minimum Gasteiger partial charge on any atom is -0.299 e. The highest BCUT2D eigenvalue weighted by Crippen LogP contribution is 2.25. The molecule has 0 aliphatic carbocycles. The van der Waals surface area contributed by atoms with Crippen LogP contribution < -0.4 is 0 Å². The van der Waals surface area contributed by atoms with Crippen LogP contribution in [0.4, 0.5) is 0 Å². The number of Topliss-reactive ketones (excluding diaryl/α,β-unsaturated/α-hetero) is 1. The number of ketones is 1. The minimum atomic E-state index is -3.45. The standard InChI is InChI=1S/C17H26N2O3S/c1-14(20)13-18-9-11-19(12-10-18)23(21,22)16-7-5-15(6-8-16)17(2,3)4/h5-8H,9-13H2,1-4H3. The van der Waals surface area contributed by atoms with Crippen LogP contribution in [0.2, 0.25) is 0 Å². The minimum absolute atomic E-state index is 0.000603. The zero-order valence-electron chi connectivity index (χ0n) is 14.4. The first-order chi connectivity index (χ1) is 10.6. The Labute approximate surface area is 139 Å². The van der Waals surface area contributed by atoms with Crippen molar-refractivity contribution in [2.45, 2.75) is 38.0 Å². The third-order valence-electron chi connectivity index (χ3n) is 4.14. The van der Waals surface area contributed by atoms with Crippen molar-refractivity contribution in [1.29, 1.82) is 0 Å². The van der Waals surface area contributed by atoms with E-state index < -0.39 is 10.0 Å². The van der Waals surface area contributed by atoms with Crippen LogP contribution in [-0.2, 0) is 20.2 Å². The molecule has 5 nitrogen and oxygen atoms in total. The third-order valence-corrected chi connectivity index (χ3v) is 6.05. The molecule has 6 heteroatoms. The molecule has 1 aromatic carbocycles. The number of carbonyl (C=O) groups excluding carboxylic acids is 1. The normalized spacial score (nSPS) is 18.1. The lowest BCUT2D eigenvalue weighted by molar-refractivity contribution is -0.118. The van der Waals surface area contributed by atoms with E-state index in [2.05, 4.69) is 20.8 Å². The fourth-order valence-electron chi connectivity index (χ4n) is 2.72. The van der Waals surface area contributed by atoms with Crippen LogP contribution in [0, 0.1) is 0 Å². The molecule has 0 saturated carbocycles. The van der Waals surface area contributed by atoms with Crippen molar-refractivity contribution < 1.29 is 13.2 Å². The Morgan fingerprint density at radius 1 is 1.04 bits per heavy atom. The van der Waals surface area contributed by atoms with Crippen molar-refractivity contribution >= 4 is 15.8 Å². The summed E-state index contributed by atoms with van der Waals surface area (Å²) < 4.78 is 26.9. The lowest BCUT2D eigenvalue weighted by Crippen LogP contribution is -2.49. The van der Waals surface area contributed by atoms with Crippen molar-refractivity contribution in [2.75, 3.05) is 32.7 Å². The van der Waals surface area contributed by atoms with E-state index in [9.17, 15) is 13.2 Å². The Balaban J connectivity index is 2.09. The maximum Gasteiger partial charge on any atom is 0.243 e. The van der Waals surface area contributed by atoms with E-state index in [1.54, 1.807) is 19.1 Å². The average Bonchev–Trinajstić information content (AvgIpc) is 2.46. The number of hydrogen-bond acceptors (Lipinski definition) is 4. The monoisotopic (exact) mass is 338 g/mol. The molecule has 23 heavy (non-hydrogen) atoms. The van der Waals surface area contributed by atoms with Gasteiger partial charge in [-0.25, -0.2) is 8.42 Å². The van der Waals surface area contributed by atoms with Gasteiger partial charge >= 0.3 is 0 Å². The molecular weight excluding hydrogens is 312 g/mol. The van der Waals surface area contributed by atoms with Gasteiger partial charge in [-0.3, -0.25) is 9.69 Å². The van der Waals surface area contributed by atoms with Crippen molar-refractivity contribution in [2.24, 2.45) is 0 Å². The average molecular weight is 338 g/mol. The van der Waals surface area contributed by atoms with Gasteiger partial charge in [0.2, 0.25) is 10.0 Å². The van der Waals surface area contributed by atoms with Gasteiger partial charge in [-0.2, -0.15) is 4.31 Å². The van der Waals surface area contributed by atoms with Gasteiger partial charge < -0.3 is 0 Å². The van der Waals surface area contributed by atoms with Crippen LogP contribution >= 0.6 is 0 Å². The fraction of sp³-hybridized carbons (Fsp3) is 0.588. The van der Waals surface area contributed by atoms with Gasteiger partial charge in [0.05, 0.1) is 11.4 Å². The van der Waals surface area contributed by atoms with Gasteiger partial charge in [-0.1, -0.05) is 32.9 Å². The number of rotatable bonds is 4. The van der Waals surface area contributed by atoms with E-state index in [0.29, 0.717) is 37.6 Å². The van der Waals surface area contributed by atoms with E-state index in [1.807, 2.05) is 17.0 Å². The molecule has 128 valence electrons. The highest BCUT2D eigenvalue weighted by atomic mass is 32.2. The maximum absolute atomic E-state index is 12.7. The Morgan fingerprint density at radius 2 is 1.57 bits per heavy atom. The van der Waals surface area contributed by atoms with E-state index in [1.165, 1.54) is 4.31 Å². The summed E-state index contributed by atoms with van der Waals surface area (Å²) in [5.74, 6) is 0.110. The fourth-order valence-corrected chi connectivity index (χ4v) is 4.14. The summed E-state index contributed by atoms with van der Waals surface area (Å²) in [6, 6.07) is 7.16. The van der Waals surface area contributed by atoms with Crippen LogP contribution in [0.15, 0.2) is 29.2 Å². The number of piperazine rings is 1. The van der Waals surface area contributed by atoms with E-state index in [4.69, 9.17) is 0 Å². The smallest absolute Gasteiger partial charge is 0.243 e. The number of hydrogen-bond donors (Lipinski definition) is 0. The van der Waals surface area contributed by atoms with Gasteiger partial charge in [0.1, 0.15) is 5.78 Å². The predicted molar refractivity (Wildman–Crippen MR) is 91.0 cm³/mol. The highest BCUT2D eigenvalue weighted by molar-refractivity contribution is 7.89. The first-order valence-corrected chi connectivity index (χ1v) is 9.37. The predicted octanol–water partition coefficient (Wildman–Crippen LogP) is 1.88. The molecule has 2 rings (SSSR count). The lowest BCUT2D eigenvalue weighted by Gasteiger charge is -2.33. The van der Waals surface area contributed by atoms with Crippen molar-refractivity contribution in [1.82, 2.24) is 9.21 Å². The molecule has 0 N–H and O–H groups in total. The molecular formula is C17H26N2O3S. The van der Waals surface area contributed by atoms with Gasteiger partial charge in [-0.05, 0) is 30.0 Å². The largest absolute Gasteiger partial charge is 0.299 e. The van der Waals surface area contributed by atoms with E-state index in [0.717, 1.165) is 5.56 Å². The molecule has 0 radical (unpaired) electrons. The van der Waals surface area contributed by atoms with Crippen LogP contribution in [0.1, 0.15) is 33.3 Å². The SMILES string of the molecule is CC(=O)CN1CCN(S(=O)(=O)c2ccc(C(C)(C)C)cc2)CC1. The molecule has 0 spiro atoms. The molecule has 1 saturated heterocycles. The van der Waals surface area contributed by atoms with Crippen LogP contribution in [0.25, 0.3) is 0 Å². The lowest BCUT2D eigenvalue weighted by atomic mass is 9.87. The molecule has 0 amide bonds. The van der Waals surface area contributed by atoms with Crippen molar-refractivity contribution in [3.05, 3.63) is 29.8 Å². The maximum atomic E-state index is 12.7. The molecule has 1 aliphatic rings. The molecule has 1 aliphatic heterocycles. The van der Waals surface area contributed by atoms with Crippen molar-refractivity contribution in [3.8, 4) is 0 Å². The summed E-state index contributed by atoms with van der Waals surface area (Å²) in [6.45, 7) is 10.3. The summed E-state index contributed by atoms with van der Waals surface area (Å²) in [5, 5.41) is 0. The summed E-state index contributed by atoms with van der Waals surface area (Å²) >= 11 is 0. The molecule has 1 fully saturated rings. The summed E-state index contributed by atoms with van der Waals surface area (Å²) in [6.07, 6.45) is 0. The number of benzene rings is 1. The second-order valence-corrected chi connectivity index (χ2v) is 9.09. The second kappa shape index (κ2) is 6.71. The number of nitrogens with zero attached hydrogens (tertiary/aromatic N) is 2. The third kappa shape index (κ3) is 4.40. The molecule has 1 aromatic rings. The van der Waals surface area contributed by atoms with Gasteiger partial charge in [0.25, 0.3) is 0 Å². The first kappa shape index (κ1) is 18.1. The number of carbonyl (C=O) groups is 1. The summed E-state index contributed by atoms with van der Waals surface area (Å²) in [7, 11) is -3.45. The number of sulfonamides is 1. The Morgan fingerprint density at radius 3 is 2.00 bits per heavy atom. The topological polar surface area (TPSA) is 57.7 Å². The first-order valence-electron chi connectivity index (χ1n) is 7.93. The molecule has 0 bridgehead atoms. The second-order valence-electron chi connectivity index (χ2n) is 7.16. The molecule has 0 atom stereocenters. The molecule has 0 aromatic heterocycles. The highest BCUT2D eigenvalue weighted by Gasteiger charge is 2.29. The summed E-state index contributed by atoms with van der Waals surface area (Å²) in [5.41, 5.74) is 1.11. The zero-order valence-corrected chi connectivity index (χ0v) is 15.2. The quantitative estimate of drug-likeness (QED) is 0.841. The zero-order chi connectivity index (χ0) is 17.3. The Hall–Kier alpha value is -1.24. The Kier molecular flexibility index (Phi) is 5.28. The van der Waals surface area contributed by atoms with Crippen molar-refractivity contribution in [3.63, 3.8) is 0 Å². The van der Waals surface area contributed by atoms with E-state index in [-0.39, 0.29) is 11.2 Å². The molecule has 0 unspecified atom stereocenters. The van der Waals surface area contributed by atoms with E-state index >= 15 is 0 Å². The van der Waals surface area contributed by atoms with Crippen LogP contribution in [-0.4, -0.2) is 56.1 Å². The Bertz CT molecular complexity index is 652. The molecule has 1 heterocycles. The van der Waals surface area contributed by atoms with Gasteiger partial charge in [-0.15, -0.1) is 0 Å². The van der Waals surface area contributed by atoms with Gasteiger partial charge in [0, 0.05) is 26.2 Å².